The van der Waals surface area contributed by atoms with Gasteiger partial charge in [0.2, 0.25) is 0 Å². The number of carbonyl (C=O) groups is 1. The van der Waals surface area contributed by atoms with Crippen LogP contribution in [-0.2, 0) is 9.53 Å². The normalized spacial score (nSPS) is 12.9. The van der Waals surface area contributed by atoms with Gasteiger partial charge in [-0.05, 0) is 12.8 Å². The van der Waals surface area contributed by atoms with Gasteiger partial charge in [0.1, 0.15) is 0 Å². The Bertz CT molecular complexity index is 113. The Morgan fingerprint density at radius 1 is 1.64 bits per heavy atom. The van der Waals surface area contributed by atoms with Crippen molar-refractivity contribution >= 4 is 5.97 Å². The Balaban J connectivity index is 3.22. The van der Waals surface area contributed by atoms with Gasteiger partial charge in [0.15, 0.2) is 0 Å². The molecule has 0 aliphatic heterocycles. The second-order valence-electron chi connectivity index (χ2n) is 2.39. The topological polar surface area (TPSA) is 66.8 Å². The molecule has 0 aromatic rings. The summed E-state index contributed by atoms with van der Waals surface area (Å²) in [6, 6.07) is 0. The van der Waals surface area contributed by atoms with E-state index in [0.717, 1.165) is 0 Å². The first-order valence-electron chi connectivity index (χ1n) is 3.55. The molecule has 66 valence electrons. The molecule has 0 spiro atoms. The van der Waals surface area contributed by atoms with Crippen molar-refractivity contribution < 1.29 is 19.7 Å². The number of rotatable bonds is 6. The minimum atomic E-state index is -0.963. The average molecular weight is 162 g/mol. The maximum atomic E-state index is 10.1. The zero-order valence-electron chi connectivity index (χ0n) is 6.62. The molecule has 0 amide bonds. The van der Waals surface area contributed by atoms with E-state index >= 15 is 0 Å². The second kappa shape index (κ2) is 6.12. The maximum Gasteiger partial charge on any atom is 0.305 e. The smallest absolute Gasteiger partial charge is 0.305 e. The molecule has 0 saturated heterocycles. The molecule has 4 heteroatoms. The molecule has 11 heavy (non-hydrogen) atoms. The highest BCUT2D eigenvalue weighted by molar-refractivity contribution is 5.67. The van der Waals surface area contributed by atoms with E-state index in [1.54, 1.807) is 7.11 Å². The average Bonchev–Trinajstić information content (AvgIpc) is 1.86. The molecular weight excluding hydrogens is 148 g/mol. The van der Waals surface area contributed by atoms with Gasteiger partial charge in [0.05, 0.1) is 12.5 Å². The van der Waals surface area contributed by atoms with Gasteiger partial charge in [0, 0.05) is 13.7 Å². The van der Waals surface area contributed by atoms with Gasteiger partial charge in [-0.3, -0.25) is 4.79 Å². The van der Waals surface area contributed by atoms with Crippen molar-refractivity contribution in [1.82, 2.24) is 0 Å². The summed E-state index contributed by atoms with van der Waals surface area (Å²) in [5.41, 5.74) is 0. The summed E-state index contributed by atoms with van der Waals surface area (Å²) in [7, 11) is 1.57. The van der Waals surface area contributed by atoms with Crippen molar-refractivity contribution in [3.63, 3.8) is 0 Å². The van der Waals surface area contributed by atoms with Crippen LogP contribution in [0.3, 0.4) is 0 Å². The number of aliphatic hydroxyl groups is 1. The Morgan fingerprint density at radius 2 is 2.27 bits per heavy atom. The predicted molar refractivity (Wildman–Crippen MR) is 39.4 cm³/mol. The lowest BCUT2D eigenvalue weighted by Gasteiger charge is -2.05. The Labute approximate surface area is 65.8 Å². The van der Waals surface area contributed by atoms with E-state index in [1.807, 2.05) is 0 Å². The Hall–Kier alpha value is -0.610. The molecule has 0 aliphatic rings. The Morgan fingerprint density at radius 3 is 2.73 bits per heavy atom. The third-order valence-corrected chi connectivity index (χ3v) is 1.30. The van der Waals surface area contributed by atoms with Gasteiger partial charge in [-0.1, -0.05) is 0 Å². The number of hydrogen-bond acceptors (Lipinski definition) is 3. The molecule has 0 heterocycles. The number of aliphatic hydroxyl groups excluding tert-OH is 1. The molecule has 0 fully saturated rings. The fraction of sp³-hybridized carbons (Fsp3) is 0.857. The number of hydrogen-bond donors (Lipinski definition) is 2. The fourth-order valence-electron chi connectivity index (χ4n) is 0.767. The molecule has 0 bridgehead atoms. The lowest BCUT2D eigenvalue weighted by Crippen LogP contribution is -2.13. The Kier molecular flexibility index (Phi) is 5.78. The van der Waals surface area contributed by atoms with E-state index in [4.69, 9.17) is 14.9 Å². The molecule has 1 atom stereocenters. The van der Waals surface area contributed by atoms with Gasteiger partial charge in [0.25, 0.3) is 0 Å². The minimum Gasteiger partial charge on any atom is -0.481 e. The second-order valence-corrected chi connectivity index (χ2v) is 2.39. The molecule has 0 radical (unpaired) electrons. The van der Waals surface area contributed by atoms with Crippen molar-refractivity contribution in [2.24, 2.45) is 0 Å². The van der Waals surface area contributed by atoms with E-state index in [9.17, 15) is 4.79 Å². The van der Waals surface area contributed by atoms with Crippen LogP contribution in [0.5, 0.6) is 0 Å². The molecule has 4 nitrogen and oxygen atoms in total. The van der Waals surface area contributed by atoms with Crippen LogP contribution in [-0.4, -0.2) is 36.0 Å². The number of methoxy groups -OCH3 is 1. The van der Waals surface area contributed by atoms with E-state index < -0.39 is 12.1 Å². The first-order chi connectivity index (χ1) is 5.16. The lowest BCUT2D eigenvalue weighted by atomic mass is 10.1. The number of carboxylic acids is 1. The van der Waals surface area contributed by atoms with E-state index in [2.05, 4.69) is 0 Å². The quantitative estimate of drug-likeness (QED) is 0.549. The zero-order valence-corrected chi connectivity index (χ0v) is 6.62. The number of ether oxygens (including phenoxy) is 1. The van der Waals surface area contributed by atoms with E-state index in [1.165, 1.54) is 0 Å². The monoisotopic (exact) mass is 162 g/mol. The van der Waals surface area contributed by atoms with Gasteiger partial charge in [-0.2, -0.15) is 0 Å². The summed E-state index contributed by atoms with van der Waals surface area (Å²) in [4.78, 5) is 10.1. The number of carboxylic acid groups (broad SMARTS) is 1. The van der Waals surface area contributed by atoms with Crippen LogP contribution in [0.1, 0.15) is 19.3 Å². The van der Waals surface area contributed by atoms with Crippen molar-refractivity contribution in [3.8, 4) is 0 Å². The summed E-state index contributed by atoms with van der Waals surface area (Å²) < 4.78 is 4.74. The summed E-state index contributed by atoms with van der Waals surface area (Å²) in [5, 5.41) is 17.3. The molecule has 0 aromatic heterocycles. The first kappa shape index (κ1) is 10.4. The lowest BCUT2D eigenvalue weighted by molar-refractivity contribution is -0.139. The van der Waals surface area contributed by atoms with Gasteiger partial charge >= 0.3 is 5.97 Å². The van der Waals surface area contributed by atoms with Gasteiger partial charge in [-0.15, -0.1) is 0 Å². The van der Waals surface area contributed by atoms with Gasteiger partial charge in [-0.25, -0.2) is 0 Å². The third kappa shape index (κ3) is 7.29. The highest BCUT2D eigenvalue weighted by atomic mass is 16.5. The standard InChI is InChI=1S/C7H14O4/c1-11-4-2-3-6(8)5-7(9)10/h6,8H,2-5H2,1H3,(H,9,10). The molecule has 1 unspecified atom stereocenters. The molecule has 0 aliphatic carbocycles. The maximum absolute atomic E-state index is 10.1. The van der Waals surface area contributed by atoms with Crippen molar-refractivity contribution in [2.75, 3.05) is 13.7 Å². The van der Waals surface area contributed by atoms with Crippen molar-refractivity contribution in [2.45, 2.75) is 25.4 Å². The minimum absolute atomic E-state index is 0.177. The summed E-state index contributed by atoms with van der Waals surface area (Å²) in [5.74, 6) is -0.963. The van der Waals surface area contributed by atoms with Crippen LogP contribution in [0.4, 0.5) is 0 Å². The largest absolute Gasteiger partial charge is 0.481 e. The molecule has 0 rings (SSSR count). The summed E-state index contributed by atoms with van der Waals surface area (Å²) in [6.45, 7) is 0.566. The van der Waals surface area contributed by atoms with Crippen LogP contribution in [0, 0.1) is 0 Å². The van der Waals surface area contributed by atoms with E-state index in [0.29, 0.717) is 19.4 Å². The zero-order chi connectivity index (χ0) is 8.69. The highest BCUT2D eigenvalue weighted by Gasteiger charge is 2.07. The van der Waals surface area contributed by atoms with Gasteiger partial charge < -0.3 is 14.9 Å². The molecule has 0 saturated carbocycles. The molecular formula is C7H14O4. The molecule has 2 N–H and O–H groups in total. The first-order valence-corrected chi connectivity index (χ1v) is 3.55. The third-order valence-electron chi connectivity index (χ3n) is 1.30. The molecule has 0 aromatic carbocycles. The SMILES string of the molecule is COCCCC(O)CC(=O)O. The van der Waals surface area contributed by atoms with Crippen molar-refractivity contribution in [1.29, 1.82) is 0 Å². The van der Waals surface area contributed by atoms with Crippen LogP contribution >= 0.6 is 0 Å². The fourth-order valence-corrected chi connectivity index (χ4v) is 0.767. The van der Waals surface area contributed by atoms with Crippen LogP contribution in [0.15, 0.2) is 0 Å². The predicted octanol–water partition coefficient (Wildman–Crippen LogP) is 0.249. The van der Waals surface area contributed by atoms with Crippen LogP contribution < -0.4 is 0 Å². The number of aliphatic carboxylic acids is 1. The highest BCUT2D eigenvalue weighted by Crippen LogP contribution is 2.01. The summed E-state index contributed by atoms with van der Waals surface area (Å²) >= 11 is 0. The van der Waals surface area contributed by atoms with E-state index in [-0.39, 0.29) is 6.42 Å². The van der Waals surface area contributed by atoms with Crippen molar-refractivity contribution in [3.05, 3.63) is 0 Å². The van der Waals surface area contributed by atoms with Crippen LogP contribution in [0.25, 0.3) is 0 Å². The van der Waals surface area contributed by atoms with Crippen LogP contribution in [0.2, 0.25) is 0 Å². The summed E-state index contributed by atoms with van der Waals surface area (Å²) in [6.07, 6.45) is 0.275.